The van der Waals surface area contributed by atoms with E-state index in [1.54, 1.807) is 35.2 Å². The van der Waals surface area contributed by atoms with E-state index < -0.39 is 5.60 Å². The quantitative estimate of drug-likeness (QED) is 0.808. The van der Waals surface area contributed by atoms with Gasteiger partial charge in [-0.05, 0) is 25.0 Å². The largest absolute Gasteiger partial charge is 0.363 e. The smallest absolute Gasteiger partial charge is 0.255 e. The highest BCUT2D eigenvalue weighted by Gasteiger charge is 2.47. The van der Waals surface area contributed by atoms with Crippen LogP contribution in [-0.2, 0) is 22.6 Å². The Balaban J connectivity index is 1.40. The minimum absolute atomic E-state index is 0.0625. The number of ether oxygens (including phenoxy) is 1. The second-order valence-corrected chi connectivity index (χ2v) is 7.53. The molecule has 2 aromatic rings. The van der Waals surface area contributed by atoms with Gasteiger partial charge in [0.05, 0.1) is 6.61 Å². The van der Waals surface area contributed by atoms with Crippen molar-refractivity contribution in [3.63, 3.8) is 0 Å². The topological polar surface area (TPSA) is 32.8 Å². The summed E-state index contributed by atoms with van der Waals surface area (Å²) >= 11 is 0. The molecule has 0 atom stereocenters. The minimum atomic E-state index is -0.838. The van der Waals surface area contributed by atoms with Gasteiger partial charge in [0.15, 0.2) is 0 Å². The molecule has 0 saturated carbocycles. The first-order valence-corrected chi connectivity index (χ1v) is 9.70. The molecule has 2 aliphatic heterocycles. The third kappa shape index (κ3) is 3.80. The zero-order valence-electron chi connectivity index (χ0n) is 15.7. The maximum Gasteiger partial charge on any atom is 0.255 e. The van der Waals surface area contributed by atoms with Crippen molar-refractivity contribution in [2.75, 3.05) is 26.2 Å². The molecule has 0 N–H and O–H groups in total. The van der Waals surface area contributed by atoms with Gasteiger partial charge in [-0.25, -0.2) is 8.78 Å². The van der Waals surface area contributed by atoms with Crippen molar-refractivity contribution in [3.05, 3.63) is 71.3 Å². The van der Waals surface area contributed by atoms with Gasteiger partial charge in [0.2, 0.25) is 0 Å². The number of nitrogens with zero attached hydrogens (tertiary/aromatic N) is 2. The van der Waals surface area contributed by atoms with Gasteiger partial charge in [-0.15, -0.1) is 0 Å². The van der Waals surface area contributed by atoms with Crippen molar-refractivity contribution in [2.45, 2.75) is 31.5 Å². The van der Waals surface area contributed by atoms with E-state index in [-0.39, 0.29) is 24.1 Å². The summed E-state index contributed by atoms with van der Waals surface area (Å²) in [7, 11) is 0. The van der Waals surface area contributed by atoms with Crippen LogP contribution >= 0.6 is 0 Å². The van der Waals surface area contributed by atoms with Gasteiger partial charge < -0.3 is 9.64 Å². The number of likely N-dealkylation sites (tertiary alicyclic amines) is 1. The summed E-state index contributed by atoms with van der Waals surface area (Å²) in [5, 5.41) is 0. The summed E-state index contributed by atoms with van der Waals surface area (Å²) in [6, 6.07) is 13.3. The Kier molecular flexibility index (Phi) is 5.42. The summed E-state index contributed by atoms with van der Waals surface area (Å²) in [6.45, 7) is 3.02. The number of carbonyl (C=O) groups is 1. The Labute approximate surface area is 163 Å². The molecule has 1 spiro atoms. The number of hydrogen-bond acceptors (Lipinski definition) is 3. The summed E-state index contributed by atoms with van der Waals surface area (Å²) in [5.74, 6) is -0.563. The summed E-state index contributed by atoms with van der Waals surface area (Å²) in [4.78, 5) is 17.0. The lowest BCUT2D eigenvalue weighted by molar-refractivity contribution is -0.180. The fraction of sp³-hybridized carbons (Fsp3) is 0.409. The van der Waals surface area contributed by atoms with E-state index >= 15 is 0 Å². The van der Waals surface area contributed by atoms with E-state index in [4.69, 9.17) is 4.74 Å². The number of amides is 1. The predicted molar refractivity (Wildman–Crippen MR) is 101 cm³/mol. The average Bonchev–Trinajstić information content (AvgIpc) is 2.71. The SMILES string of the molecule is O=C1N(Cc2ccccc2F)CCOC12CCN(Cc1ccccc1F)CC2. The predicted octanol–water partition coefficient (Wildman–Crippen LogP) is 3.36. The fourth-order valence-corrected chi connectivity index (χ4v) is 4.08. The number of piperidine rings is 1. The van der Waals surface area contributed by atoms with E-state index in [9.17, 15) is 13.6 Å². The number of morpholine rings is 1. The Morgan fingerprint density at radius 1 is 0.857 bits per heavy atom. The molecule has 2 fully saturated rings. The molecule has 4 nitrogen and oxygen atoms in total. The van der Waals surface area contributed by atoms with Crippen LogP contribution in [0.1, 0.15) is 24.0 Å². The lowest BCUT2D eigenvalue weighted by Gasteiger charge is -2.46. The van der Waals surface area contributed by atoms with Gasteiger partial charge in [-0.2, -0.15) is 0 Å². The second-order valence-electron chi connectivity index (χ2n) is 7.53. The normalized spacial score (nSPS) is 19.9. The lowest BCUT2D eigenvalue weighted by atomic mass is 9.88. The first kappa shape index (κ1) is 19.0. The molecule has 6 heteroatoms. The maximum atomic E-state index is 14.0. The Bertz CT molecular complexity index is 850. The van der Waals surface area contributed by atoms with E-state index in [0.717, 1.165) is 0 Å². The van der Waals surface area contributed by atoms with Crippen LogP contribution in [0.4, 0.5) is 8.78 Å². The number of carbonyl (C=O) groups excluding carboxylic acids is 1. The molecule has 0 bridgehead atoms. The molecule has 2 aliphatic rings. The number of hydrogen-bond donors (Lipinski definition) is 0. The van der Waals surface area contributed by atoms with E-state index in [1.807, 2.05) is 6.07 Å². The molecule has 0 radical (unpaired) electrons. The molecule has 0 aliphatic carbocycles. The van der Waals surface area contributed by atoms with Gasteiger partial charge >= 0.3 is 0 Å². The van der Waals surface area contributed by atoms with Crippen molar-refractivity contribution < 1.29 is 18.3 Å². The molecule has 28 heavy (non-hydrogen) atoms. The van der Waals surface area contributed by atoms with E-state index in [2.05, 4.69) is 4.90 Å². The highest BCUT2D eigenvalue weighted by atomic mass is 19.1. The summed E-state index contributed by atoms with van der Waals surface area (Å²) in [5.41, 5.74) is 0.343. The lowest BCUT2D eigenvalue weighted by Crippen LogP contribution is -2.60. The third-order valence-corrected chi connectivity index (χ3v) is 5.75. The first-order chi connectivity index (χ1) is 13.6. The Morgan fingerprint density at radius 2 is 1.43 bits per heavy atom. The van der Waals surface area contributed by atoms with Gasteiger partial charge in [-0.1, -0.05) is 36.4 Å². The zero-order chi connectivity index (χ0) is 19.6. The first-order valence-electron chi connectivity index (χ1n) is 9.70. The Morgan fingerprint density at radius 3 is 2.04 bits per heavy atom. The standard InChI is InChI=1S/C22H24F2N2O2/c23-19-7-3-1-5-17(19)15-25-11-9-22(10-12-25)21(27)26(13-14-28-22)16-18-6-2-4-8-20(18)24/h1-8H,9-16H2. The monoisotopic (exact) mass is 386 g/mol. The number of benzene rings is 2. The highest BCUT2D eigenvalue weighted by molar-refractivity contribution is 5.86. The second kappa shape index (κ2) is 7.97. The summed E-state index contributed by atoms with van der Waals surface area (Å²) in [6.07, 6.45) is 1.13. The molecule has 0 aromatic heterocycles. The van der Waals surface area contributed by atoms with Crippen LogP contribution < -0.4 is 0 Å². The van der Waals surface area contributed by atoms with Gasteiger partial charge in [0.25, 0.3) is 5.91 Å². The van der Waals surface area contributed by atoms with Crippen LogP contribution in [0.25, 0.3) is 0 Å². The van der Waals surface area contributed by atoms with Crippen LogP contribution in [0.15, 0.2) is 48.5 Å². The molecule has 148 valence electrons. The van der Waals surface area contributed by atoms with Crippen LogP contribution in [0.2, 0.25) is 0 Å². The number of rotatable bonds is 4. The molecular formula is C22H24F2N2O2. The van der Waals surface area contributed by atoms with E-state index in [1.165, 1.54) is 12.1 Å². The fourth-order valence-electron chi connectivity index (χ4n) is 4.08. The van der Waals surface area contributed by atoms with Crippen LogP contribution in [0.3, 0.4) is 0 Å². The van der Waals surface area contributed by atoms with Crippen molar-refractivity contribution in [1.82, 2.24) is 9.80 Å². The van der Waals surface area contributed by atoms with Crippen molar-refractivity contribution in [2.24, 2.45) is 0 Å². The van der Waals surface area contributed by atoms with Gasteiger partial charge in [0, 0.05) is 43.9 Å². The molecule has 2 heterocycles. The van der Waals surface area contributed by atoms with E-state index in [0.29, 0.717) is 56.8 Å². The van der Waals surface area contributed by atoms with Gasteiger partial charge in [0.1, 0.15) is 17.2 Å². The highest BCUT2D eigenvalue weighted by Crippen LogP contribution is 2.32. The third-order valence-electron chi connectivity index (χ3n) is 5.75. The minimum Gasteiger partial charge on any atom is -0.363 e. The van der Waals surface area contributed by atoms with Gasteiger partial charge in [-0.3, -0.25) is 9.69 Å². The van der Waals surface area contributed by atoms with Crippen molar-refractivity contribution in [3.8, 4) is 0 Å². The molecule has 2 saturated heterocycles. The molecule has 1 amide bonds. The van der Waals surface area contributed by atoms with Crippen molar-refractivity contribution >= 4 is 5.91 Å². The van der Waals surface area contributed by atoms with Crippen LogP contribution in [0.5, 0.6) is 0 Å². The van der Waals surface area contributed by atoms with Crippen LogP contribution in [-0.4, -0.2) is 47.5 Å². The maximum absolute atomic E-state index is 14.0. The molecule has 4 rings (SSSR count). The molecule has 0 unspecified atom stereocenters. The Hall–Kier alpha value is -2.31. The average molecular weight is 386 g/mol. The van der Waals surface area contributed by atoms with Crippen LogP contribution in [0, 0.1) is 11.6 Å². The van der Waals surface area contributed by atoms with Crippen molar-refractivity contribution in [1.29, 1.82) is 0 Å². The number of halogens is 2. The summed E-state index contributed by atoms with van der Waals surface area (Å²) < 4.78 is 33.8. The molecule has 2 aromatic carbocycles. The zero-order valence-corrected chi connectivity index (χ0v) is 15.7. The molecular weight excluding hydrogens is 362 g/mol.